The molecule has 0 aliphatic rings. The molecule has 0 aliphatic carbocycles. The van der Waals surface area contributed by atoms with Crippen LogP contribution in [0.3, 0.4) is 0 Å². The molecule has 2 N–H and O–H groups in total. The summed E-state index contributed by atoms with van der Waals surface area (Å²) in [6.45, 7) is 0. The van der Waals surface area contributed by atoms with Gasteiger partial charge in [0.2, 0.25) is 0 Å². The zero-order chi connectivity index (χ0) is 10.4. The second-order valence-corrected chi connectivity index (χ2v) is 4.87. The Morgan fingerprint density at radius 2 is 2.43 bits per heavy atom. The molecule has 0 spiro atoms. The monoisotopic (exact) mass is 307 g/mol. The Morgan fingerprint density at radius 3 is 2.93 bits per heavy atom. The van der Waals surface area contributed by atoms with Gasteiger partial charge in [0.15, 0.2) is 0 Å². The van der Waals surface area contributed by atoms with E-state index in [0.29, 0.717) is 16.4 Å². The number of carbonyl (C=O) groups is 2. The third-order valence-corrected chi connectivity index (χ3v) is 3.59. The van der Waals surface area contributed by atoms with E-state index >= 15 is 0 Å². The summed E-state index contributed by atoms with van der Waals surface area (Å²) in [5.74, 6) is 0. The van der Waals surface area contributed by atoms with Gasteiger partial charge in [-0.1, -0.05) is 0 Å². The van der Waals surface area contributed by atoms with E-state index in [1.807, 2.05) is 0 Å². The van der Waals surface area contributed by atoms with Crippen LogP contribution in [-0.2, 0) is 4.43 Å². The summed E-state index contributed by atoms with van der Waals surface area (Å²) < 4.78 is 0.264. The van der Waals surface area contributed by atoms with Crippen LogP contribution in [0.2, 0.25) is 0 Å². The van der Waals surface area contributed by atoms with E-state index in [-0.39, 0.29) is 3.91 Å². The summed E-state index contributed by atoms with van der Waals surface area (Å²) in [6.07, 6.45) is 2.23. The van der Waals surface area contributed by atoms with Gasteiger partial charge in [-0.25, -0.2) is 0 Å². The molecule has 0 fully saturated rings. The molecule has 6 heteroatoms. The van der Waals surface area contributed by atoms with Crippen LogP contribution >= 0.6 is 0 Å². The number of hydroxylamine groups is 1. The third kappa shape index (κ3) is 3.38. The third-order valence-electron chi connectivity index (χ3n) is 1.40. The average molecular weight is 307 g/mol. The number of rotatable bonds is 4. The summed E-state index contributed by atoms with van der Waals surface area (Å²) in [5, 5.41) is 8.26. The summed E-state index contributed by atoms with van der Waals surface area (Å²) >= 11 is -0.759. The van der Waals surface area contributed by atoms with Crippen LogP contribution in [0.1, 0.15) is 16.1 Å². The van der Waals surface area contributed by atoms with E-state index in [0.717, 1.165) is 5.56 Å². The summed E-state index contributed by atoms with van der Waals surface area (Å²) in [4.78, 5) is 24.9. The quantitative estimate of drug-likeness (QED) is 0.123. The number of amides is 1. The van der Waals surface area contributed by atoms with Crippen molar-refractivity contribution in [1.82, 2.24) is 10.5 Å². The normalized spacial score (nSPS) is 9.79. The van der Waals surface area contributed by atoms with Gasteiger partial charge in [0, 0.05) is 0 Å². The molecule has 0 bridgehead atoms. The van der Waals surface area contributed by atoms with E-state index in [9.17, 15) is 9.59 Å². The van der Waals surface area contributed by atoms with E-state index in [1.165, 1.54) is 0 Å². The van der Waals surface area contributed by atoms with Crippen molar-refractivity contribution in [3.05, 3.63) is 29.6 Å². The van der Waals surface area contributed by atoms with Crippen molar-refractivity contribution >= 4 is 10.2 Å². The van der Waals surface area contributed by atoms with Crippen molar-refractivity contribution in [2.75, 3.05) is 0 Å². The molecular weight excluding hydrogens is 299 g/mol. The minimum absolute atomic E-state index is 0.330. The number of pyridine rings is 1. The van der Waals surface area contributed by atoms with E-state index in [1.54, 1.807) is 23.8 Å². The number of hydrogen-bond acceptors (Lipinski definition) is 4. The van der Waals surface area contributed by atoms with Gasteiger partial charge in [0.05, 0.1) is 0 Å². The molecule has 1 rings (SSSR count). The average Bonchev–Trinajstić information content (AvgIpc) is 2.26. The molecule has 1 aromatic heterocycles. The van der Waals surface area contributed by atoms with Crippen LogP contribution in [0.25, 0.3) is 0 Å². The van der Waals surface area contributed by atoms with Crippen molar-refractivity contribution in [3.63, 3.8) is 0 Å². The molecule has 0 atom stereocenters. The number of halogens is 1. The molecule has 0 saturated heterocycles. The molecule has 1 heterocycles. The van der Waals surface area contributed by atoms with Gasteiger partial charge in [-0.15, -0.1) is 0 Å². The van der Waals surface area contributed by atoms with Crippen molar-refractivity contribution in [2.24, 2.45) is 0 Å². The number of carbonyl (C=O) groups excluding carboxylic acids is 2. The van der Waals surface area contributed by atoms with Gasteiger partial charge in [-0.3, -0.25) is 0 Å². The Morgan fingerprint density at radius 1 is 1.64 bits per heavy atom. The first kappa shape index (κ1) is 11.1. The van der Waals surface area contributed by atoms with Crippen molar-refractivity contribution in [3.8, 4) is 0 Å². The topological polar surface area (TPSA) is 79.3 Å². The van der Waals surface area contributed by atoms with E-state index in [2.05, 4.69) is 4.98 Å². The predicted molar refractivity (Wildman–Crippen MR) is 43.6 cm³/mol. The number of aldehydes is 1. The van der Waals surface area contributed by atoms with Crippen LogP contribution in [0.15, 0.2) is 18.3 Å². The molecule has 76 valence electrons. The zero-order valence-electron chi connectivity index (χ0n) is 7.11. The molecule has 0 unspecified atom stereocenters. The number of alkyl halides is 1. The Bertz CT molecular complexity index is 326. The van der Waals surface area contributed by atoms with Crippen LogP contribution in [0.5, 0.6) is 0 Å². The SMILES string of the molecule is O=Cc1ccc(C[I-]C(=O)NO)cn1. The van der Waals surface area contributed by atoms with E-state index in [4.69, 9.17) is 5.21 Å². The minimum atomic E-state index is -0.759. The fraction of sp³-hybridized carbons (Fsp3) is 0.125. The summed E-state index contributed by atoms with van der Waals surface area (Å²) in [6, 6.07) is 3.35. The summed E-state index contributed by atoms with van der Waals surface area (Å²) in [5.41, 5.74) is 2.86. The van der Waals surface area contributed by atoms with Crippen molar-refractivity contribution in [1.29, 1.82) is 0 Å². The second kappa shape index (κ2) is 5.66. The van der Waals surface area contributed by atoms with Crippen LogP contribution in [0, 0.1) is 0 Å². The number of hydrogen-bond donors (Lipinski definition) is 2. The molecule has 1 amide bonds. The van der Waals surface area contributed by atoms with Crippen molar-refractivity contribution in [2.45, 2.75) is 4.43 Å². The van der Waals surface area contributed by atoms with Crippen molar-refractivity contribution < 1.29 is 36.0 Å². The molecule has 0 saturated carbocycles. The summed E-state index contributed by atoms with van der Waals surface area (Å²) in [7, 11) is 0. The first-order valence-electron chi connectivity index (χ1n) is 3.69. The van der Waals surface area contributed by atoms with Gasteiger partial charge in [0.1, 0.15) is 0 Å². The van der Waals surface area contributed by atoms with Crippen LogP contribution in [0.4, 0.5) is 4.79 Å². The van der Waals surface area contributed by atoms with Gasteiger partial charge in [0.25, 0.3) is 0 Å². The Balaban J connectivity index is 2.51. The molecule has 0 radical (unpaired) electrons. The first-order valence-corrected chi connectivity index (χ1v) is 6.30. The van der Waals surface area contributed by atoms with Crippen LogP contribution < -0.4 is 26.7 Å². The number of aromatic nitrogens is 1. The predicted octanol–water partition coefficient (Wildman–Crippen LogP) is -2.42. The first-order chi connectivity index (χ1) is 6.76. The zero-order valence-corrected chi connectivity index (χ0v) is 9.26. The van der Waals surface area contributed by atoms with E-state index < -0.39 is 21.2 Å². The number of nitrogens with one attached hydrogen (secondary N) is 1. The molecule has 0 aliphatic heterocycles. The van der Waals surface area contributed by atoms with Gasteiger partial charge in [-0.2, -0.15) is 0 Å². The second-order valence-electron chi connectivity index (χ2n) is 2.36. The Hall–Kier alpha value is -1.02. The fourth-order valence-corrected chi connectivity index (χ4v) is 2.16. The molecule has 1 aromatic rings. The van der Waals surface area contributed by atoms with Gasteiger partial charge >= 0.3 is 90.7 Å². The van der Waals surface area contributed by atoms with Gasteiger partial charge < -0.3 is 0 Å². The fourth-order valence-electron chi connectivity index (χ4n) is 0.752. The van der Waals surface area contributed by atoms with Crippen LogP contribution in [-0.4, -0.2) is 20.4 Å². The molecular formula is C8H8IN2O3-. The number of nitrogens with zero attached hydrogens (tertiary/aromatic N) is 1. The van der Waals surface area contributed by atoms with Gasteiger partial charge in [-0.05, 0) is 0 Å². The standard InChI is InChI=1S/C8H8IN2O3/c12-5-7-2-1-6(4-10-7)3-9-8(13)11-14/h1-2,4-5,14H,3H2,(H,11,13)/q-1. The molecule has 0 aromatic carbocycles. The molecule has 5 nitrogen and oxygen atoms in total. The Kier molecular flexibility index (Phi) is 4.47. The maximum absolute atomic E-state index is 10.7. The Labute approximate surface area is 90.8 Å². The maximum atomic E-state index is 10.7. The molecule has 14 heavy (non-hydrogen) atoms.